The van der Waals surface area contributed by atoms with Crippen LogP contribution in [0.1, 0.15) is 71.1 Å². The van der Waals surface area contributed by atoms with Gasteiger partial charge in [0.15, 0.2) is 0 Å². The van der Waals surface area contributed by atoms with Gasteiger partial charge in [-0.05, 0) is 92.3 Å². The van der Waals surface area contributed by atoms with Crippen LogP contribution in [0.2, 0.25) is 0 Å². The third-order valence-corrected chi connectivity index (χ3v) is 9.17. The zero-order valence-corrected chi connectivity index (χ0v) is 14.5. The van der Waals surface area contributed by atoms with Gasteiger partial charge in [0.2, 0.25) is 0 Å². The van der Waals surface area contributed by atoms with E-state index in [1.165, 1.54) is 51.4 Å². The number of aliphatic hydroxyl groups is 2. The molecule has 5 rings (SSSR count). The molecular formula is C21H32O2. The van der Waals surface area contributed by atoms with Crippen molar-refractivity contribution < 1.29 is 10.2 Å². The summed E-state index contributed by atoms with van der Waals surface area (Å²) >= 11 is 0. The average Bonchev–Trinajstić information content (AvgIpc) is 2.85. The van der Waals surface area contributed by atoms with Gasteiger partial charge in [-0.2, -0.15) is 0 Å². The molecule has 4 fully saturated rings. The fourth-order valence-electron chi connectivity index (χ4n) is 7.98. The molecule has 2 bridgehead atoms. The Hall–Kier alpha value is -0.340. The van der Waals surface area contributed by atoms with E-state index in [0.717, 1.165) is 30.6 Å². The van der Waals surface area contributed by atoms with Crippen LogP contribution < -0.4 is 0 Å². The van der Waals surface area contributed by atoms with Gasteiger partial charge in [-0.3, -0.25) is 0 Å². The minimum atomic E-state index is -0.0756. The van der Waals surface area contributed by atoms with E-state index in [4.69, 9.17) is 0 Å². The summed E-state index contributed by atoms with van der Waals surface area (Å²) < 4.78 is 0. The van der Waals surface area contributed by atoms with Gasteiger partial charge in [0.25, 0.3) is 0 Å². The van der Waals surface area contributed by atoms with Crippen LogP contribution in [-0.4, -0.2) is 22.4 Å². The third-order valence-electron chi connectivity index (χ3n) is 9.17. The molecular weight excluding hydrogens is 284 g/mol. The number of rotatable bonds is 0. The number of fused-ring (bicyclic) bond motifs is 4. The maximum atomic E-state index is 10.6. The second-order valence-electron chi connectivity index (χ2n) is 9.76. The van der Waals surface area contributed by atoms with E-state index in [1.807, 2.05) is 0 Å². The molecule has 0 amide bonds. The lowest BCUT2D eigenvalue weighted by atomic mass is 9.44. The molecule has 0 aromatic heterocycles. The molecule has 1 spiro atoms. The number of allylic oxidation sites excluding steroid dienone is 1. The summed E-state index contributed by atoms with van der Waals surface area (Å²) in [7, 11) is 0. The van der Waals surface area contributed by atoms with Crippen molar-refractivity contribution in [3.63, 3.8) is 0 Å². The summed E-state index contributed by atoms with van der Waals surface area (Å²) in [4.78, 5) is 0. The SMILES string of the molecule is C[C@]12CC[C@H]3[C@@H](CC=C4C[C@@H](O)[C@H]5CCC[C@]43C5)[C@@H]1CC[C@@H]2O. The lowest BCUT2D eigenvalue weighted by molar-refractivity contribution is -0.0988. The van der Waals surface area contributed by atoms with Crippen molar-refractivity contribution in [3.05, 3.63) is 11.6 Å². The normalized spacial score (nSPS) is 58.0. The topological polar surface area (TPSA) is 40.5 Å². The van der Waals surface area contributed by atoms with Gasteiger partial charge in [0, 0.05) is 0 Å². The molecule has 0 saturated heterocycles. The molecule has 2 nitrogen and oxygen atoms in total. The highest BCUT2D eigenvalue weighted by Gasteiger charge is 2.60. The van der Waals surface area contributed by atoms with E-state index in [1.54, 1.807) is 5.57 Å². The van der Waals surface area contributed by atoms with Gasteiger partial charge < -0.3 is 10.2 Å². The van der Waals surface area contributed by atoms with Crippen molar-refractivity contribution in [1.29, 1.82) is 0 Å². The summed E-state index contributed by atoms with van der Waals surface area (Å²) in [6.45, 7) is 2.37. The zero-order chi connectivity index (χ0) is 15.8. The van der Waals surface area contributed by atoms with Crippen LogP contribution in [-0.2, 0) is 0 Å². The molecule has 2 N–H and O–H groups in total. The van der Waals surface area contributed by atoms with Gasteiger partial charge in [-0.25, -0.2) is 0 Å². The maximum absolute atomic E-state index is 10.6. The molecule has 4 saturated carbocycles. The molecule has 0 aromatic rings. The Bertz CT molecular complexity index is 540. The van der Waals surface area contributed by atoms with E-state index in [0.29, 0.717) is 11.3 Å². The van der Waals surface area contributed by atoms with Crippen molar-refractivity contribution in [3.8, 4) is 0 Å². The van der Waals surface area contributed by atoms with Crippen LogP contribution >= 0.6 is 0 Å². The first-order chi connectivity index (χ1) is 11.0. The Balaban J connectivity index is 1.54. The van der Waals surface area contributed by atoms with E-state index in [9.17, 15) is 10.2 Å². The maximum Gasteiger partial charge on any atom is 0.0605 e. The summed E-state index contributed by atoms with van der Waals surface area (Å²) in [5.41, 5.74) is 2.25. The largest absolute Gasteiger partial charge is 0.393 e. The Morgan fingerprint density at radius 2 is 1.91 bits per heavy atom. The molecule has 8 atom stereocenters. The Kier molecular flexibility index (Phi) is 3.15. The lowest BCUT2D eigenvalue weighted by Crippen LogP contribution is -2.54. The molecule has 5 aliphatic rings. The zero-order valence-electron chi connectivity index (χ0n) is 14.5. The smallest absolute Gasteiger partial charge is 0.0605 e. The molecule has 2 heteroatoms. The van der Waals surface area contributed by atoms with Gasteiger partial charge in [-0.1, -0.05) is 25.0 Å². The fourth-order valence-corrected chi connectivity index (χ4v) is 7.98. The van der Waals surface area contributed by atoms with Crippen LogP contribution in [0.15, 0.2) is 11.6 Å². The minimum absolute atomic E-state index is 0.0661. The Morgan fingerprint density at radius 1 is 1.04 bits per heavy atom. The average molecular weight is 316 g/mol. The van der Waals surface area contributed by atoms with Crippen molar-refractivity contribution in [1.82, 2.24) is 0 Å². The van der Waals surface area contributed by atoms with Crippen LogP contribution in [0, 0.1) is 34.5 Å². The summed E-state index contributed by atoms with van der Waals surface area (Å²) in [6.07, 6.45) is 14.6. The molecule has 0 aromatic carbocycles. The second kappa shape index (κ2) is 4.85. The highest BCUT2D eigenvalue weighted by molar-refractivity contribution is 5.28. The minimum Gasteiger partial charge on any atom is -0.393 e. The Morgan fingerprint density at radius 3 is 2.78 bits per heavy atom. The third kappa shape index (κ3) is 1.83. The first kappa shape index (κ1) is 15.0. The fraction of sp³-hybridized carbons (Fsp3) is 0.905. The first-order valence-corrected chi connectivity index (χ1v) is 10.1. The second-order valence-corrected chi connectivity index (χ2v) is 9.76. The van der Waals surface area contributed by atoms with Gasteiger partial charge in [0.1, 0.15) is 0 Å². The molecule has 0 radical (unpaired) electrons. The molecule has 0 aliphatic heterocycles. The van der Waals surface area contributed by atoms with E-state index in [-0.39, 0.29) is 17.6 Å². The van der Waals surface area contributed by atoms with E-state index < -0.39 is 0 Å². The van der Waals surface area contributed by atoms with E-state index in [2.05, 4.69) is 13.0 Å². The van der Waals surface area contributed by atoms with Crippen LogP contribution in [0.5, 0.6) is 0 Å². The van der Waals surface area contributed by atoms with Crippen molar-refractivity contribution in [2.75, 3.05) is 0 Å². The van der Waals surface area contributed by atoms with Crippen LogP contribution in [0.3, 0.4) is 0 Å². The first-order valence-electron chi connectivity index (χ1n) is 10.1. The van der Waals surface area contributed by atoms with Crippen LogP contribution in [0.4, 0.5) is 0 Å². The quantitative estimate of drug-likeness (QED) is 0.662. The molecule has 23 heavy (non-hydrogen) atoms. The summed E-state index contributed by atoms with van der Waals surface area (Å²) in [5.74, 6) is 2.92. The monoisotopic (exact) mass is 316 g/mol. The van der Waals surface area contributed by atoms with Crippen molar-refractivity contribution in [2.24, 2.45) is 34.5 Å². The number of aliphatic hydroxyl groups excluding tert-OH is 2. The molecule has 0 heterocycles. The molecule has 0 unspecified atom stereocenters. The van der Waals surface area contributed by atoms with Gasteiger partial charge in [-0.15, -0.1) is 0 Å². The lowest BCUT2D eigenvalue weighted by Gasteiger charge is -2.61. The molecule has 5 aliphatic carbocycles. The predicted octanol–water partition coefficient (Wildman–Crippen LogP) is 4.06. The van der Waals surface area contributed by atoms with Crippen molar-refractivity contribution >= 4 is 0 Å². The van der Waals surface area contributed by atoms with Crippen molar-refractivity contribution in [2.45, 2.75) is 83.3 Å². The standard InChI is InChI=1S/C21H32O2/c1-20-10-8-17-15(16(20)6-7-19(20)23)5-4-14-11-18(22)13-3-2-9-21(14,17)12-13/h4,13,15-19,22-23H,2-3,5-12H2,1H3/t13-,15-,16-,17-,18+,19-,20-,21-/m0/s1. The highest BCUT2D eigenvalue weighted by Crippen LogP contribution is 2.67. The van der Waals surface area contributed by atoms with Crippen LogP contribution in [0.25, 0.3) is 0 Å². The van der Waals surface area contributed by atoms with E-state index >= 15 is 0 Å². The van der Waals surface area contributed by atoms with Gasteiger partial charge >= 0.3 is 0 Å². The molecule has 128 valence electrons. The van der Waals surface area contributed by atoms with Gasteiger partial charge in [0.05, 0.1) is 12.2 Å². The number of hydrogen-bond acceptors (Lipinski definition) is 2. The highest BCUT2D eigenvalue weighted by atomic mass is 16.3. The Labute approximate surface area is 140 Å². The predicted molar refractivity (Wildman–Crippen MR) is 90.8 cm³/mol. The number of hydrogen-bond donors (Lipinski definition) is 2. The summed E-state index contributed by atoms with van der Waals surface area (Å²) in [5, 5.41) is 21.1. The summed E-state index contributed by atoms with van der Waals surface area (Å²) in [6, 6.07) is 0.